The quantitative estimate of drug-likeness (QED) is 0.225. The van der Waals surface area contributed by atoms with Gasteiger partial charge in [-0.1, -0.05) is 72.8 Å². The number of benzene rings is 6. The molecular formula is C38H20N2O2. The second kappa shape index (κ2) is 9.24. The zero-order valence-electron chi connectivity index (χ0n) is 22.3. The van der Waals surface area contributed by atoms with Gasteiger partial charge in [-0.05, 0) is 65.2 Å². The first-order valence-corrected chi connectivity index (χ1v) is 13.6. The van der Waals surface area contributed by atoms with Gasteiger partial charge in [-0.15, -0.1) is 0 Å². The van der Waals surface area contributed by atoms with Crippen LogP contribution in [0.4, 0.5) is 0 Å². The van der Waals surface area contributed by atoms with Gasteiger partial charge >= 0.3 is 0 Å². The lowest BCUT2D eigenvalue weighted by Crippen LogP contribution is -1.93. The van der Waals surface area contributed by atoms with Crippen molar-refractivity contribution in [2.45, 2.75) is 0 Å². The molecule has 0 amide bonds. The van der Waals surface area contributed by atoms with Crippen LogP contribution in [0.25, 0.3) is 77.3 Å². The van der Waals surface area contributed by atoms with Crippen molar-refractivity contribution in [3.8, 4) is 45.5 Å². The average molecular weight is 537 g/mol. The third-order valence-corrected chi connectivity index (χ3v) is 7.96. The van der Waals surface area contributed by atoms with Crippen LogP contribution in [0, 0.1) is 22.7 Å². The molecule has 0 fully saturated rings. The number of nitriles is 2. The first kappa shape index (κ1) is 23.8. The van der Waals surface area contributed by atoms with E-state index < -0.39 is 0 Å². The third kappa shape index (κ3) is 3.60. The van der Waals surface area contributed by atoms with E-state index >= 15 is 0 Å². The monoisotopic (exact) mass is 536 g/mol. The van der Waals surface area contributed by atoms with E-state index in [1.54, 1.807) is 6.07 Å². The Kier molecular flexibility index (Phi) is 5.22. The summed E-state index contributed by atoms with van der Waals surface area (Å²) in [7, 11) is 0. The van der Waals surface area contributed by atoms with Crippen molar-refractivity contribution in [1.29, 1.82) is 10.5 Å². The van der Waals surface area contributed by atoms with E-state index in [9.17, 15) is 10.5 Å². The molecule has 0 aliphatic rings. The Morgan fingerprint density at radius 2 is 1.12 bits per heavy atom. The maximum absolute atomic E-state index is 10.6. The minimum atomic E-state index is 0.525. The first-order chi connectivity index (χ1) is 20.7. The van der Waals surface area contributed by atoms with Crippen LogP contribution in [-0.2, 0) is 0 Å². The predicted octanol–water partition coefficient (Wildman–Crippen LogP) is 10.2. The predicted molar refractivity (Wildman–Crippen MR) is 167 cm³/mol. The van der Waals surface area contributed by atoms with Crippen LogP contribution in [0.15, 0.2) is 130 Å². The number of para-hydroxylation sites is 3. The van der Waals surface area contributed by atoms with E-state index in [0.29, 0.717) is 11.1 Å². The number of hydrogen-bond acceptors (Lipinski definition) is 4. The van der Waals surface area contributed by atoms with Crippen molar-refractivity contribution in [3.63, 3.8) is 0 Å². The Balaban J connectivity index is 1.45. The number of rotatable bonds is 3. The van der Waals surface area contributed by atoms with Crippen LogP contribution in [0.2, 0.25) is 0 Å². The molecule has 8 aromatic rings. The highest BCUT2D eigenvalue weighted by atomic mass is 16.3. The molecular weight excluding hydrogens is 516 g/mol. The molecule has 0 aliphatic carbocycles. The molecule has 0 atom stereocenters. The van der Waals surface area contributed by atoms with Gasteiger partial charge in [-0.25, -0.2) is 0 Å². The highest BCUT2D eigenvalue weighted by Crippen LogP contribution is 2.42. The van der Waals surface area contributed by atoms with Crippen molar-refractivity contribution in [3.05, 3.63) is 132 Å². The molecule has 0 saturated heterocycles. The van der Waals surface area contributed by atoms with Crippen molar-refractivity contribution in [2.24, 2.45) is 0 Å². The van der Waals surface area contributed by atoms with Gasteiger partial charge in [-0.2, -0.15) is 10.5 Å². The van der Waals surface area contributed by atoms with E-state index in [4.69, 9.17) is 8.83 Å². The van der Waals surface area contributed by atoms with Gasteiger partial charge in [0.25, 0.3) is 0 Å². The van der Waals surface area contributed by atoms with Crippen LogP contribution in [0.3, 0.4) is 0 Å². The SMILES string of the molecule is N#Cc1cccc(-c2cc(-c3ccc4oc5ccccc5c4c3)cc(-c3cccc4c3oc3ccccc34)c2C#N)c1. The molecule has 0 aliphatic heterocycles. The Morgan fingerprint density at radius 1 is 0.429 bits per heavy atom. The normalized spacial score (nSPS) is 11.3. The van der Waals surface area contributed by atoms with E-state index in [2.05, 4.69) is 42.5 Å². The summed E-state index contributed by atoms with van der Waals surface area (Å²) in [6, 6.07) is 44.5. The summed E-state index contributed by atoms with van der Waals surface area (Å²) in [5, 5.41) is 24.3. The number of nitrogens with zero attached hydrogens (tertiary/aromatic N) is 2. The van der Waals surface area contributed by atoms with E-state index in [0.717, 1.165) is 77.3 Å². The fourth-order valence-electron chi connectivity index (χ4n) is 5.99. The van der Waals surface area contributed by atoms with E-state index in [1.807, 2.05) is 84.9 Å². The standard InChI is InChI=1S/C38H20N2O2/c39-21-23-7-5-8-25(17-23)31-19-26(24-15-16-37-33(18-24)28-10-2-3-13-35(28)41-37)20-32(34(31)22-40)30-12-6-11-29-27-9-1-4-14-36(27)42-38(29)30/h1-20H. The summed E-state index contributed by atoms with van der Waals surface area (Å²) >= 11 is 0. The van der Waals surface area contributed by atoms with Crippen LogP contribution in [0.5, 0.6) is 0 Å². The van der Waals surface area contributed by atoms with Crippen LogP contribution in [-0.4, -0.2) is 0 Å². The highest BCUT2D eigenvalue weighted by molar-refractivity contribution is 6.11. The lowest BCUT2D eigenvalue weighted by atomic mass is 9.87. The molecule has 4 heteroatoms. The molecule has 2 heterocycles. The molecule has 0 N–H and O–H groups in total. The molecule has 2 aromatic heterocycles. The molecule has 0 saturated carbocycles. The largest absolute Gasteiger partial charge is 0.456 e. The molecule has 0 unspecified atom stereocenters. The molecule has 42 heavy (non-hydrogen) atoms. The second-order valence-electron chi connectivity index (χ2n) is 10.3. The van der Waals surface area contributed by atoms with Crippen LogP contribution >= 0.6 is 0 Å². The molecule has 6 aromatic carbocycles. The summed E-state index contributed by atoms with van der Waals surface area (Å²) < 4.78 is 12.5. The van der Waals surface area contributed by atoms with Gasteiger partial charge < -0.3 is 8.83 Å². The molecule has 194 valence electrons. The summed E-state index contributed by atoms with van der Waals surface area (Å²) in [6.07, 6.45) is 0. The van der Waals surface area contributed by atoms with Crippen molar-refractivity contribution < 1.29 is 8.83 Å². The number of hydrogen-bond donors (Lipinski definition) is 0. The lowest BCUT2D eigenvalue weighted by Gasteiger charge is -2.15. The van der Waals surface area contributed by atoms with Gasteiger partial charge in [0.15, 0.2) is 0 Å². The lowest BCUT2D eigenvalue weighted by molar-refractivity contribution is 0.669. The fraction of sp³-hybridized carbons (Fsp3) is 0. The number of furan rings is 2. The third-order valence-electron chi connectivity index (χ3n) is 7.96. The maximum Gasteiger partial charge on any atom is 0.143 e. The molecule has 4 nitrogen and oxygen atoms in total. The number of fused-ring (bicyclic) bond motifs is 6. The summed E-state index contributed by atoms with van der Waals surface area (Å²) in [5.41, 5.74) is 9.38. The minimum absolute atomic E-state index is 0.525. The topological polar surface area (TPSA) is 73.9 Å². The summed E-state index contributed by atoms with van der Waals surface area (Å²) in [5.74, 6) is 0. The van der Waals surface area contributed by atoms with Crippen LogP contribution in [0.1, 0.15) is 11.1 Å². The fourth-order valence-corrected chi connectivity index (χ4v) is 5.99. The van der Waals surface area contributed by atoms with E-state index in [-0.39, 0.29) is 0 Å². The minimum Gasteiger partial charge on any atom is -0.456 e. The maximum atomic E-state index is 10.6. The van der Waals surface area contributed by atoms with Gasteiger partial charge in [0.2, 0.25) is 0 Å². The molecule has 0 radical (unpaired) electrons. The summed E-state index contributed by atoms with van der Waals surface area (Å²) in [4.78, 5) is 0. The van der Waals surface area contributed by atoms with Crippen molar-refractivity contribution >= 4 is 43.9 Å². The van der Waals surface area contributed by atoms with Gasteiger partial charge in [0, 0.05) is 38.2 Å². The molecule has 0 bridgehead atoms. The zero-order chi connectivity index (χ0) is 28.2. The van der Waals surface area contributed by atoms with Gasteiger partial charge in [-0.3, -0.25) is 0 Å². The van der Waals surface area contributed by atoms with Crippen LogP contribution < -0.4 is 0 Å². The zero-order valence-corrected chi connectivity index (χ0v) is 22.3. The smallest absolute Gasteiger partial charge is 0.143 e. The highest BCUT2D eigenvalue weighted by Gasteiger charge is 2.20. The molecule has 0 spiro atoms. The summed E-state index contributed by atoms with van der Waals surface area (Å²) in [6.45, 7) is 0. The second-order valence-corrected chi connectivity index (χ2v) is 10.3. The Labute approximate surface area is 240 Å². The van der Waals surface area contributed by atoms with Gasteiger partial charge in [0.1, 0.15) is 28.4 Å². The average Bonchev–Trinajstić information content (AvgIpc) is 3.62. The molecule has 8 rings (SSSR count). The Bertz CT molecular complexity index is 2450. The Hall–Kier alpha value is -6.10. The van der Waals surface area contributed by atoms with Crippen molar-refractivity contribution in [1.82, 2.24) is 0 Å². The first-order valence-electron chi connectivity index (χ1n) is 13.6. The van der Waals surface area contributed by atoms with Crippen molar-refractivity contribution in [2.75, 3.05) is 0 Å². The van der Waals surface area contributed by atoms with E-state index in [1.165, 1.54) is 0 Å². The Morgan fingerprint density at radius 3 is 1.93 bits per heavy atom. The van der Waals surface area contributed by atoms with Gasteiger partial charge in [0.05, 0.1) is 17.2 Å².